The lowest BCUT2D eigenvalue weighted by Gasteiger charge is -2.08. The van der Waals surface area contributed by atoms with Crippen molar-refractivity contribution in [3.63, 3.8) is 0 Å². The zero-order valence-corrected chi connectivity index (χ0v) is 11.5. The van der Waals surface area contributed by atoms with Gasteiger partial charge in [-0.15, -0.1) is 0 Å². The number of imidazole rings is 1. The quantitative estimate of drug-likeness (QED) is 0.580. The molecular formula is C17H13N3O. The maximum Gasteiger partial charge on any atom is 0.257 e. The molecule has 0 atom stereocenters. The summed E-state index contributed by atoms with van der Waals surface area (Å²) in [5.74, 6) is 0.553. The van der Waals surface area contributed by atoms with Gasteiger partial charge in [0.25, 0.3) is 5.56 Å². The van der Waals surface area contributed by atoms with Crippen LogP contribution in [-0.4, -0.2) is 14.5 Å². The Balaban J connectivity index is 2.12. The van der Waals surface area contributed by atoms with Crippen LogP contribution in [0.1, 0.15) is 5.56 Å². The minimum Gasteiger partial charge on any atom is -0.323 e. The highest BCUT2D eigenvalue weighted by atomic mass is 16.1. The van der Waals surface area contributed by atoms with E-state index >= 15 is 0 Å². The Morgan fingerprint density at radius 2 is 1.86 bits per heavy atom. The fourth-order valence-electron chi connectivity index (χ4n) is 2.69. The van der Waals surface area contributed by atoms with Gasteiger partial charge in [0.1, 0.15) is 0 Å². The predicted octanol–water partition coefficient (Wildman–Crippen LogP) is 3.18. The van der Waals surface area contributed by atoms with Crippen LogP contribution in [0.15, 0.2) is 59.4 Å². The molecule has 0 saturated carbocycles. The van der Waals surface area contributed by atoms with Crippen molar-refractivity contribution in [3.05, 3.63) is 70.5 Å². The Morgan fingerprint density at radius 3 is 2.71 bits per heavy atom. The smallest absolute Gasteiger partial charge is 0.257 e. The number of hydrogen-bond acceptors (Lipinski definition) is 2. The van der Waals surface area contributed by atoms with Gasteiger partial charge in [-0.1, -0.05) is 24.3 Å². The van der Waals surface area contributed by atoms with Crippen LogP contribution in [0.5, 0.6) is 0 Å². The van der Waals surface area contributed by atoms with Crippen molar-refractivity contribution >= 4 is 21.9 Å². The number of hydrogen-bond donors (Lipinski definition) is 1. The summed E-state index contributed by atoms with van der Waals surface area (Å²) >= 11 is 0. The van der Waals surface area contributed by atoms with E-state index in [4.69, 9.17) is 0 Å². The molecule has 2 aromatic carbocycles. The lowest BCUT2D eigenvalue weighted by atomic mass is 10.1. The summed E-state index contributed by atoms with van der Waals surface area (Å²) in [5.41, 5.74) is 3.68. The number of fused-ring (bicyclic) bond motifs is 2. The van der Waals surface area contributed by atoms with Gasteiger partial charge in [-0.3, -0.25) is 4.79 Å². The highest BCUT2D eigenvalue weighted by Crippen LogP contribution is 2.20. The first-order valence-corrected chi connectivity index (χ1v) is 6.80. The molecule has 0 aliphatic rings. The fraction of sp³-hybridized carbons (Fsp3) is 0.0588. The Hall–Kier alpha value is -2.88. The second-order valence-corrected chi connectivity index (χ2v) is 5.09. The molecule has 4 nitrogen and oxygen atoms in total. The summed E-state index contributed by atoms with van der Waals surface area (Å²) in [5, 5.41) is 1.05. The first-order valence-electron chi connectivity index (χ1n) is 6.80. The van der Waals surface area contributed by atoms with Crippen LogP contribution in [0.4, 0.5) is 0 Å². The van der Waals surface area contributed by atoms with E-state index < -0.39 is 0 Å². The molecule has 4 aromatic rings. The average molecular weight is 275 g/mol. The van der Waals surface area contributed by atoms with Gasteiger partial charge in [-0.2, -0.15) is 0 Å². The fourth-order valence-corrected chi connectivity index (χ4v) is 2.69. The van der Waals surface area contributed by atoms with Crippen molar-refractivity contribution in [3.8, 4) is 5.95 Å². The topological polar surface area (TPSA) is 50.7 Å². The van der Waals surface area contributed by atoms with E-state index in [0.29, 0.717) is 5.95 Å². The van der Waals surface area contributed by atoms with Crippen molar-refractivity contribution in [1.29, 1.82) is 0 Å². The Bertz CT molecular complexity index is 994. The monoisotopic (exact) mass is 275 g/mol. The van der Waals surface area contributed by atoms with Crippen LogP contribution in [-0.2, 0) is 0 Å². The number of benzene rings is 2. The zero-order chi connectivity index (χ0) is 14.4. The molecule has 0 aliphatic heterocycles. The number of pyridine rings is 1. The Labute approximate surface area is 120 Å². The van der Waals surface area contributed by atoms with Gasteiger partial charge in [0, 0.05) is 11.5 Å². The van der Waals surface area contributed by atoms with Crippen LogP contribution < -0.4 is 5.56 Å². The molecule has 0 fully saturated rings. The second kappa shape index (κ2) is 4.31. The highest BCUT2D eigenvalue weighted by Gasteiger charge is 2.10. The maximum atomic E-state index is 12.3. The van der Waals surface area contributed by atoms with Gasteiger partial charge in [-0.05, 0) is 36.8 Å². The van der Waals surface area contributed by atoms with Crippen molar-refractivity contribution in [2.45, 2.75) is 6.92 Å². The Kier molecular flexibility index (Phi) is 2.44. The largest absolute Gasteiger partial charge is 0.323 e. The van der Waals surface area contributed by atoms with Gasteiger partial charge in [0.05, 0.1) is 16.6 Å². The average Bonchev–Trinajstić information content (AvgIpc) is 2.90. The molecule has 1 N–H and O–H groups in total. The van der Waals surface area contributed by atoms with Crippen molar-refractivity contribution < 1.29 is 0 Å². The number of aromatic amines is 1. The molecule has 4 rings (SSSR count). The number of rotatable bonds is 1. The van der Waals surface area contributed by atoms with Crippen molar-refractivity contribution in [2.75, 3.05) is 0 Å². The molecule has 0 amide bonds. The second-order valence-electron chi connectivity index (χ2n) is 5.09. The van der Waals surface area contributed by atoms with Crippen molar-refractivity contribution in [2.24, 2.45) is 0 Å². The summed E-state index contributed by atoms with van der Waals surface area (Å²) in [7, 11) is 0. The van der Waals surface area contributed by atoms with E-state index in [-0.39, 0.29) is 5.56 Å². The van der Waals surface area contributed by atoms with Gasteiger partial charge in [-0.25, -0.2) is 9.55 Å². The number of aromatic nitrogens is 3. The summed E-state index contributed by atoms with van der Waals surface area (Å²) in [6.07, 6.45) is 0. The normalized spacial score (nSPS) is 11.3. The number of nitrogens with zero attached hydrogens (tertiary/aromatic N) is 2. The molecule has 102 valence electrons. The van der Waals surface area contributed by atoms with Gasteiger partial charge >= 0.3 is 0 Å². The number of aryl methyl sites for hydroxylation is 1. The lowest BCUT2D eigenvalue weighted by molar-refractivity contribution is 0.959. The first kappa shape index (κ1) is 11.9. The standard InChI is InChI=1S/C17H13N3O/c1-11-5-4-8-15-12(11)9-10-16(21)20(15)17-18-13-6-2-3-7-14(13)19-17/h2-10H,1H3,(H,18,19). The van der Waals surface area contributed by atoms with Crippen LogP contribution in [0.25, 0.3) is 27.9 Å². The molecule has 2 heterocycles. The van der Waals surface area contributed by atoms with Crippen LogP contribution in [0, 0.1) is 6.92 Å². The third kappa shape index (κ3) is 1.76. The number of para-hydroxylation sites is 2. The van der Waals surface area contributed by atoms with E-state index in [0.717, 1.165) is 27.5 Å². The number of H-pyrrole nitrogens is 1. The van der Waals surface area contributed by atoms with Gasteiger partial charge in [0.2, 0.25) is 5.95 Å². The van der Waals surface area contributed by atoms with Gasteiger partial charge < -0.3 is 4.98 Å². The molecule has 0 aliphatic carbocycles. The van der Waals surface area contributed by atoms with Crippen molar-refractivity contribution in [1.82, 2.24) is 14.5 Å². The highest BCUT2D eigenvalue weighted by molar-refractivity contribution is 5.84. The van der Waals surface area contributed by atoms with E-state index in [1.807, 2.05) is 55.5 Å². The van der Waals surface area contributed by atoms with Crippen LogP contribution in [0.3, 0.4) is 0 Å². The molecule has 0 radical (unpaired) electrons. The van der Waals surface area contributed by atoms with E-state index in [1.54, 1.807) is 10.6 Å². The van der Waals surface area contributed by atoms with Crippen LogP contribution in [0.2, 0.25) is 0 Å². The van der Waals surface area contributed by atoms with E-state index in [9.17, 15) is 4.79 Å². The third-order valence-corrected chi connectivity index (χ3v) is 3.74. The molecule has 4 heteroatoms. The predicted molar refractivity (Wildman–Crippen MR) is 83.9 cm³/mol. The third-order valence-electron chi connectivity index (χ3n) is 3.74. The molecule has 21 heavy (non-hydrogen) atoms. The molecular weight excluding hydrogens is 262 g/mol. The van der Waals surface area contributed by atoms with Gasteiger partial charge in [0.15, 0.2) is 0 Å². The Morgan fingerprint density at radius 1 is 1.00 bits per heavy atom. The summed E-state index contributed by atoms with van der Waals surface area (Å²) in [6.45, 7) is 2.04. The number of nitrogens with one attached hydrogen (secondary N) is 1. The maximum absolute atomic E-state index is 12.3. The summed E-state index contributed by atoms with van der Waals surface area (Å²) in [4.78, 5) is 20.1. The molecule has 2 aromatic heterocycles. The minimum atomic E-state index is -0.0906. The SMILES string of the molecule is Cc1cccc2c1ccc(=O)n2-c1nc2ccccc2[nH]1. The lowest BCUT2D eigenvalue weighted by Crippen LogP contribution is -2.18. The zero-order valence-electron chi connectivity index (χ0n) is 11.5. The first-order chi connectivity index (χ1) is 10.2. The molecule has 0 saturated heterocycles. The van der Waals surface area contributed by atoms with Crippen LogP contribution >= 0.6 is 0 Å². The van der Waals surface area contributed by atoms with E-state index in [1.165, 1.54) is 0 Å². The van der Waals surface area contributed by atoms with E-state index in [2.05, 4.69) is 9.97 Å². The minimum absolute atomic E-state index is 0.0906. The molecule has 0 bridgehead atoms. The molecule has 0 unspecified atom stereocenters. The summed E-state index contributed by atoms with van der Waals surface area (Å²) in [6, 6.07) is 17.1. The molecule has 0 spiro atoms. The summed E-state index contributed by atoms with van der Waals surface area (Å²) < 4.78 is 1.63.